The zero-order valence-corrected chi connectivity index (χ0v) is 8.23. The molecule has 0 unspecified atom stereocenters. The molecule has 1 heterocycles. The highest BCUT2D eigenvalue weighted by Gasteiger charge is 2.29. The average Bonchev–Trinajstić information content (AvgIpc) is 2.63. The molecule has 0 spiro atoms. The molecule has 0 atom stereocenters. The molecule has 74 valence electrons. The Kier molecular flexibility index (Phi) is 3.19. The SMILES string of the molecule is COCCOB1OCc2ccccc21. The van der Waals surface area contributed by atoms with Crippen molar-refractivity contribution in [2.45, 2.75) is 6.61 Å². The van der Waals surface area contributed by atoms with Crippen LogP contribution in [0.3, 0.4) is 0 Å². The third-order valence-electron chi connectivity index (χ3n) is 2.26. The second kappa shape index (κ2) is 4.60. The Labute approximate surface area is 84.1 Å². The summed E-state index contributed by atoms with van der Waals surface area (Å²) in [5, 5.41) is 0. The van der Waals surface area contributed by atoms with Crippen molar-refractivity contribution < 1.29 is 14.0 Å². The number of ether oxygens (including phenoxy) is 1. The Morgan fingerprint density at radius 1 is 1.36 bits per heavy atom. The molecule has 0 fully saturated rings. The highest BCUT2D eigenvalue weighted by Crippen LogP contribution is 2.10. The maximum absolute atomic E-state index is 5.52. The molecule has 2 rings (SSSR count). The van der Waals surface area contributed by atoms with Gasteiger partial charge in [0.1, 0.15) is 0 Å². The van der Waals surface area contributed by atoms with E-state index in [1.54, 1.807) is 7.11 Å². The van der Waals surface area contributed by atoms with E-state index in [1.807, 2.05) is 18.2 Å². The zero-order valence-electron chi connectivity index (χ0n) is 8.23. The second-order valence-electron chi connectivity index (χ2n) is 3.21. The molecule has 0 amide bonds. The summed E-state index contributed by atoms with van der Waals surface area (Å²) in [6.07, 6.45) is 0. The Morgan fingerprint density at radius 3 is 3.07 bits per heavy atom. The molecule has 0 N–H and O–H groups in total. The number of rotatable bonds is 4. The number of benzene rings is 1. The van der Waals surface area contributed by atoms with Crippen molar-refractivity contribution in [1.82, 2.24) is 0 Å². The van der Waals surface area contributed by atoms with Crippen molar-refractivity contribution in [3.8, 4) is 0 Å². The highest BCUT2D eigenvalue weighted by atomic mass is 16.6. The van der Waals surface area contributed by atoms with Crippen LogP contribution in [0.2, 0.25) is 0 Å². The molecular formula is C10H13BO3. The van der Waals surface area contributed by atoms with Crippen LogP contribution in [0.5, 0.6) is 0 Å². The minimum atomic E-state index is -0.207. The van der Waals surface area contributed by atoms with Gasteiger partial charge in [0.25, 0.3) is 0 Å². The van der Waals surface area contributed by atoms with Crippen molar-refractivity contribution in [2.75, 3.05) is 20.3 Å². The summed E-state index contributed by atoms with van der Waals surface area (Å²) in [6, 6.07) is 8.12. The minimum absolute atomic E-state index is 0.207. The van der Waals surface area contributed by atoms with E-state index in [2.05, 4.69) is 6.07 Å². The van der Waals surface area contributed by atoms with Crippen LogP contribution in [-0.4, -0.2) is 27.4 Å². The Hall–Kier alpha value is -0.835. The maximum Gasteiger partial charge on any atom is 0.494 e. The van der Waals surface area contributed by atoms with Crippen LogP contribution in [-0.2, 0) is 20.7 Å². The van der Waals surface area contributed by atoms with Crippen molar-refractivity contribution >= 4 is 12.6 Å². The summed E-state index contributed by atoms with van der Waals surface area (Å²) in [7, 11) is 1.45. The third kappa shape index (κ3) is 1.98. The molecule has 0 radical (unpaired) electrons. The molecule has 1 aromatic carbocycles. The van der Waals surface area contributed by atoms with Gasteiger partial charge >= 0.3 is 7.12 Å². The monoisotopic (exact) mass is 192 g/mol. The van der Waals surface area contributed by atoms with Gasteiger partial charge in [0.15, 0.2) is 0 Å². The van der Waals surface area contributed by atoms with E-state index in [0.717, 1.165) is 5.46 Å². The third-order valence-corrected chi connectivity index (χ3v) is 2.26. The van der Waals surface area contributed by atoms with Crippen LogP contribution in [0.1, 0.15) is 5.56 Å². The first-order valence-corrected chi connectivity index (χ1v) is 4.72. The Bertz CT molecular complexity index is 303. The molecule has 0 aliphatic carbocycles. The molecule has 1 aromatic rings. The van der Waals surface area contributed by atoms with E-state index in [4.69, 9.17) is 14.0 Å². The Balaban J connectivity index is 1.96. The van der Waals surface area contributed by atoms with Crippen molar-refractivity contribution in [2.24, 2.45) is 0 Å². The van der Waals surface area contributed by atoms with Gasteiger partial charge in [-0.2, -0.15) is 0 Å². The summed E-state index contributed by atoms with van der Waals surface area (Å²) in [5.41, 5.74) is 2.36. The van der Waals surface area contributed by atoms with Crippen LogP contribution in [0, 0.1) is 0 Å². The summed E-state index contributed by atoms with van der Waals surface area (Å²) >= 11 is 0. The molecule has 0 saturated heterocycles. The quantitative estimate of drug-likeness (QED) is 0.515. The largest absolute Gasteiger partial charge is 0.494 e. The lowest BCUT2D eigenvalue weighted by molar-refractivity contribution is 0.126. The van der Waals surface area contributed by atoms with E-state index < -0.39 is 0 Å². The summed E-state index contributed by atoms with van der Waals surface area (Å²) in [5.74, 6) is 0. The highest BCUT2D eigenvalue weighted by molar-refractivity contribution is 6.62. The first-order valence-electron chi connectivity index (χ1n) is 4.72. The molecule has 0 saturated carbocycles. The molecule has 1 aliphatic rings. The lowest BCUT2D eigenvalue weighted by Crippen LogP contribution is -2.33. The van der Waals surface area contributed by atoms with Gasteiger partial charge in [-0.3, -0.25) is 0 Å². The van der Waals surface area contributed by atoms with Gasteiger partial charge in [0.2, 0.25) is 0 Å². The molecule has 0 aromatic heterocycles. The fourth-order valence-electron chi connectivity index (χ4n) is 1.53. The van der Waals surface area contributed by atoms with E-state index in [1.165, 1.54) is 5.56 Å². The van der Waals surface area contributed by atoms with Gasteiger partial charge in [-0.25, -0.2) is 0 Å². The molecular weight excluding hydrogens is 179 g/mol. The fourth-order valence-corrected chi connectivity index (χ4v) is 1.53. The van der Waals surface area contributed by atoms with Gasteiger partial charge in [0, 0.05) is 7.11 Å². The van der Waals surface area contributed by atoms with Gasteiger partial charge in [-0.15, -0.1) is 0 Å². The smallest absolute Gasteiger partial charge is 0.405 e. The normalized spacial score (nSPS) is 14.5. The summed E-state index contributed by atoms with van der Waals surface area (Å²) < 4.78 is 15.9. The molecule has 1 aliphatic heterocycles. The lowest BCUT2D eigenvalue weighted by Gasteiger charge is -2.07. The Morgan fingerprint density at radius 2 is 2.21 bits per heavy atom. The zero-order chi connectivity index (χ0) is 9.80. The number of methoxy groups -OCH3 is 1. The fraction of sp³-hybridized carbons (Fsp3) is 0.400. The van der Waals surface area contributed by atoms with E-state index in [9.17, 15) is 0 Å². The van der Waals surface area contributed by atoms with Gasteiger partial charge in [-0.05, 0) is 11.0 Å². The van der Waals surface area contributed by atoms with E-state index >= 15 is 0 Å². The first-order chi connectivity index (χ1) is 6.92. The topological polar surface area (TPSA) is 27.7 Å². The average molecular weight is 192 g/mol. The first kappa shape index (κ1) is 9.71. The molecule has 3 nitrogen and oxygen atoms in total. The van der Waals surface area contributed by atoms with Crippen molar-refractivity contribution in [3.05, 3.63) is 29.8 Å². The minimum Gasteiger partial charge on any atom is -0.405 e. The molecule has 0 bridgehead atoms. The van der Waals surface area contributed by atoms with E-state index in [-0.39, 0.29) is 7.12 Å². The molecule has 14 heavy (non-hydrogen) atoms. The van der Waals surface area contributed by atoms with Crippen LogP contribution in [0.15, 0.2) is 24.3 Å². The van der Waals surface area contributed by atoms with Crippen LogP contribution in [0.25, 0.3) is 0 Å². The number of fused-ring (bicyclic) bond motifs is 1. The number of hydrogen-bond acceptors (Lipinski definition) is 3. The molecule has 4 heteroatoms. The summed E-state index contributed by atoms with van der Waals surface area (Å²) in [6.45, 7) is 1.81. The van der Waals surface area contributed by atoms with Crippen molar-refractivity contribution in [3.63, 3.8) is 0 Å². The van der Waals surface area contributed by atoms with Crippen LogP contribution < -0.4 is 5.46 Å². The standard InChI is InChI=1S/C10H13BO3/c1-12-6-7-13-11-10-5-3-2-4-9(10)8-14-11/h2-5H,6-8H2,1H3. The predicted molar refractivity (Wildman–Crippen MR) is 54.4 cm³/mol. The van der Waals surface area contributed by atoms with Crippen LogP contribution >= 0.6 is 0 Å². The summed E-state index contributed by atoms with van der Waals surface area (Å²) in [4.78, 5) is 0. The van der Waals surface area contributed by atoms with Crippen LogP contribution in [0.4, 0.5) is 0 Å². The predicted octanol–water partition coefficient (Wildman–Crippen LogP) is 0.575. The lowest BCUT2D eigenvalue weighted by atomic mass is 9.79. The number of hydrogen-bond donors (Lipinski definition) is 0. The van der Waals surface area contributed by atoms with Gasteiger partial charge < -0.3 is 14.0 Å². The second-order valence-corrected chi connectivity index (χ2v) is 3.21. The van der Waals surface area contributed by atoms with E-state index in [0.29, 0.717) is 19.8 Å². The van der Waals surface area contributed by atoms with Crippen molar-refractivity contribution in [1.29, 1.82) is 0 Å². The maximum atomic E-state index is 5.52. The van der Waals surface area contributed by atoms with Gasteiger partial charge in [-0.1, -0.05) is 24.3 Å². The van der Waals surface area contributed by atoms with Gasteiger partial charge in [0.05, 0.1) is 19.8 Å².